The van der Waals surface area contributed by atoms with Crippen LogP contribution in [-0.2, 0) is 4.74 Å². The second-order valence-corrected chi connectivity index (χ2v) is 3.66. The Balaban J connectivity index is 2.03. The van der Waals surface area contributed by atoms with E-state index in [1.54, 1.807) is 7.11 Å². The highest BCUT2D eigenvalue weighted by Gasteiger charge is 2.29. The van der Waals surface area contributed by atoms with E-state index < -0.39 is 0 Å². The number of ether oxygens (including phenoxy) is 1. The Morgan fingerprint density at radius 2 is 2.25 bits per heavy atom. The molecule has 0 heterocycles. The zero-order chi connectivity index (χ0) is 8.97. The fourth-order valence-electron chi connectivity index (χ4n) is 1.29. The van der Waals surface area contributed by atoms with Gasteiger partial charge < -0.3 is 14.7 Å². The number of aliphatic hydroxyl groups excluding tert-OH is 1. The molecule has 0 aromatic heterocycles. The molecule has 0 amide bonds. The number of aliphatic hydroxyl groups is 1. The van der Waals surface area contributed by atoms with E-state index in [9.17, 15) is 5.11 Å². The number of rotatable bonds is 6. The number of methoxy groups -OCH3 is 1. The first kappa shape index (κ1) is 9.96. The van der Waals surface area contributed by atoms with Crippen LogP contribution in [-0.4, -0.2) is 50.0 Å². The van der Waals surface area contributed by atoms with Crippen LogP contribution in [0.3, 0.4) is 0 Å². The van der Waals surface area contributed by atoms with Crippen molar-refractivity contribution in [1.82, 2.24) is 4.90 Å². The molecular formula is C9H19NO2. The zero-order valence-electron chi connectivity index (χ0n) is 7.99. The molecule has 1 aliphatic rings. The van der Waals surface area contributed by atoms with Gasteiger partial charge in [0.25, 0.3) is 0 Å². The molecule has 1 unspecified atom stereocenters. The van der Waals surface area contributed by atoms with Crippen LogP contribution in [0.1, 0.15) is 12.8 Å². The lowest BCUT2D eigenvalue weighted by atomic mass is 10.2. The molecule has 1 rings (SSSR count). The number of hydrogen-bond donors (Lipinski definition) is 1. The lowest BCUT2D eigenvalue weighted by Crippen LogP contribution is -2.32. The summed E-state index contributed by atoms with van der Waals surface area (Å²) in [5.41, 5.74) is 0. The average molecular weight is 173 g/mol. The Labute approximate surface area is 74.3 Å². The molecule has 1 N–H and O–H groups in total. The quantitative estimate of drug-likeness (QED) is 0.628. The van der Waals surface area contributed by atoms with Gasteiger partial charge in [-0.2, -0.15) is 0 Å². The molecule has 0 saturated heterocycles. The first-order valence-corrected chi connectivity index (χ1v) is 4.59. The Bertz CT molecular complexity index is 126. The van der Waals surface area contributed by atoms with Gasteiger partial charge in [0, 0.05) is 20.2 Å². The van der Waals surface area contributed by atoms with Gasteiger partial charge in [0.15, 0.2) is 0 Å². The van der Waals surface area contributed by atoms with E-state index in [-0.39, 0.29) is 6.10 Å². The molecule has 0 spiro atoms. The van der Waals surface area contributed by atoms with Crippen molar-refractivity contribution in [1.29, 1.82) is 0 Å². The molecule has 12 heavy (non-hydrogen) atoms. The van der Waals surface area contributed by atoms with Gasteiger partial charge >= 0.3 is 0 Å². The van der Waals surface area contributed by atoms with Crippen LogP contribution in [0.15, 0.2) is 0 Å². The summed E-state index contributed by atoms with van der Waals surface area (Å²) in [5.74, 6) is 0.579. The monoisotopic (exact) mass is 173 g/mol. The summed E-state index contributed by atoms with van der Waals surface area (Å²) in [6, 6.07) is 0. The van der Waals surface area contributed by atoms with Crippen molar-refractivity contribution in [3.05, 3.63) is 0 Å². The van der Waals surface area contributed by atoms with Gasteiger partial charge in [-0.25, -0.2) is 0 Å². The van der Waals surface area contributed by atoms with E-state index in [2.05, 4.69) is 4.90 Å². The largest absolute Gasteiger partial charge is 0.392 e. The summed E-state index contributed by atoms with van der Waals surface area (Å²) < 4.78 is 4.95. The number of hydrogen-bond acceptors (Lipinski definition) is 3. The van der Waals surface area contributed by atoms with Crippen LogP contribution in [0.4, 0.5) is 0 Å². The summed E-state index contributed by atoms with van der Waals surface area (Å²) in [7, 11) is 3.72. The second-order valence-electron chi connectivity index (χ2n) is 3.66. The second kappa shape index (κ2) is 4.80. The average Bonchev–Trinajstić information content (AvgIpc) is 2.82. The molecule has 3 heteroatoms. The van der Waals surface area contributed by atoms with Crippen LogP contribution in [0, 0.1) is 5.92 Å². The minimum absolute atomic E-state index is 0.119. The van der Waals surface area contributed by atoms with Crippen LogP contribution in [0.2, 0.25) is 0 Å². The highest BCUT2D eigenvalue weighted by molar-refractivity contribution is 4.82. The van der Waals surface area contributed by atoms with Gasteiger partial charge in [0.2, 0.25) is 0 Å². The van der Waals surface area contributed by atoms with Crippen molar-refractivity contribution < 1.29 is 9.84 Å². The third-order valence-electron chi connectivity index (χ3n) is 2.34. The van der Waals surface area contributed by atoms with Gasteiger partial charge in [-0.15, -0.1) is 0 Å². The Morgan fingerprint density at radius 1 is 1.58 bits per heavy atom. The molecule has 1 aliphatic carbocycles. The topological polar surface area (TPSA) is 32.7 Å². The molecule has 1 atom stereocenters. The van der Waals surface area contributed by atoms with Gasteiger partial charge in [-0.3, -0.25) is 0 Å². The molecule has 0 aromatic carbocycles. The summed E-state index contributed by atoms with van der Waals surface area (Å²) in [6.07, 6.45) is 2.30. The molecule has 0 aromatic rings. The van der Waals surface area contributed by atoms with E-state index in [1.807, 2.05) is 7.05 Å². The molecular weight excluding hydrogens is 154 g/mol. The first-order valence-electron chi connectivity index (χ1n) is 4.59. The van der Waals surface area contributed by atoms with E-state index >= 15 is 0 Å². The summed E-state index contributed by atoms with van der Waals surface area (Å²) in [5, 5.41) is 9.58. The molecule has 0 bridgehead atoms. The van der Waals surface area contributed by atoms with Gasteiger partial charge in [-0.05, 0) is 25.8 Å². The van der Waals surface area contributed by atoms with E-state index in [0.717, 1.165) is 19.7 Å². The number of nitrogens with zero attached hydrogens (tertiary/aromatic N) is 1. The molecule has 72 valence electrons. The third kappa shape index (κ3) is 3.52. The predicted octanol–water partition coefficient (Wildman–Crippen LogP) is 0.335. The van der Waals surface area contributed by atoms with Crippen molar-refractivity contribution in [2.24, 2.45) is 5.92 Å². The zero-order valence-corrected chi connectivity index (χ0v) is 7.99. The lowest BCUT2D eigenvalue weighted by Gasteiger charge is -2.19. The van der Waals surface area contributed by atoms with Crippen LogP contribution in [0.25, 0.3) is 0 Å². The maximum atomic E-state index is 9.58. The third-order valence-corrected chi connectivity index (χ3v) is 2.34. The van der Waals surface area contributed by atoms with E-state index in [4.69, 9.17) is 4.74 Å². The Morgan fingerprint density at radius 3 is 2.75 bits per heavy atom. The molecule has 3 nitrogen and oxygen atoms in total. The normalized spacial score (nSPS) is 20.0. The van der Waals surface area contributed by atoms with E-state index in [0.29, 0.717) is 5.92 Å². The van der Waals surface area contributed by atoms with Crippen molar-refractivity contribution in [3.63, 3.8) is 0 Å². The highest BCUT2D eigenvalue weighted by atomic mass is 16.5. The predicted molar refractivity (Wildman–Crippen MR) is 48.1 cm³/mol. The summed E-state index contributed by atoms with van der Waals surface area (Å²) in [6.45, 7) is 2.43. The van der Waals surface area contributed by atoms with Crippen LogP contribution >= 0.6 is 0 Å². The van der Waals surface area contributed by atoms with Crippen LogP contribution < -0.4 is 0 Å². The van der Waals surface area contributed by atoms with E-state index in [1.165, 1.54) is 12.8 Å². The summed E-state index contributed by atoms with van der Waals surface area (Å²) in [4.78, 5) is 2.12. The van der Waals surface area contributed by atoms with Gasteiger partial charge in [-0.1, -0.05) is 0 Å². The van der Waals surface area contributed by atoms with Crippen LogP contribution in [0.5, 0.6) is 0 Å². The molecule has 0 aliphatic heterocycles. The Kier molecular flexibility index (Phi) is 3.98. The summed E-state index contributed by atoms with van der Waals surface area (Å²) >= 11 is 0. The van der Waals surface area contributed by atoms with Crippen molar-refractivity contribution in [3.8, 4) is 0 Å². The maximum absolute atomic E-state index is 9.58. The maximum Gasteiger partial charge on any atom is 0.0695 e. The van der Waals surface area contributed by atoms with Gasteiger partial charge in [0.1, 0.15) is 0 Å². The smallest absolute Gasteiger partial charge is 0.0695 e. The SMILES string of the molecule is COCCN(C)CC(O)C1CC1. The molecule has 0 radical (unpaired) electrons. The fraction of sp³-hybridized carbons (Fsp3) is 1.00. The first-order chi connectivity index (χ1) is 5.74. The molecule has 1 fully saturated rings. The minimum Gasteiger partial charge on any atom is -0.392 e. The lowest BCUT2D eigenvalue weighted by molar-refractivity contribution is 0.0897. The number of likely N-dealkylation sites (N-methyl/N-ethyl adjacent to an activating group) is 1. The standard InChI is InChI=1S/C9H19NO2/c1-10(5-6-12-2)7-9(11)8-3-4-8/h8-9,11H,3-7H2,1-2H3. The van der Waals surface area contributed by atoms with Gasteiger partial charge in [0.05, 0.1) is 12.7 Å². The van der Waals surface area contributed by atoms with Crippen molar-refractivity contribution >= 4 is 0 Å². The Hall–Kier alpha value is -0.120. The fourth-order valence-corrected chi connectivity index (χ4v) is 1.29. The highest BCUT2D eigenvalue weighted by Crippen LogP contribution is 2.32. The van der Waals surface area contributed by atoms with Crippen molar-refractivity contribution in [2.45, 2.75) is 18.9 Å². The minimum atomic E-state index is -0.119. The van der Waals surface area contributed by atoms with Crippen molar-refractivity contribution in [2.75, 3.05) is 33.9 Å². The molecule has 1 saturated carbocycles.